The zero-order chi connectivity index (χ0) is 10.7. The molecular formula is C8H10O6. The number of cyclic esters (lactones) is 1. The lowest BCUT2D eigenvalue weighted by molar-refractivity contribution is -0.146. The van der Waals surface area contributed by atoms with E-state index in [9.17, 15) is 14.4 Å². The number of ether oxygens (including phenoxy) is 1. The fourth-order valence-electron chi connectivity index (χ4n) is 1.40. The third kappa shape index (κ3) is 2.21. The monoisotopic (exact) mass is 202 g/mol. The average molecular weight is 202 g/mol. The zero-order valence-electron chi connectivity index (χ0n) is 7.30. The van der Waals surface area contributed by atoms with Crippen molar-refractivity contribution < 1.29 is 29.3 Å². The van der Waals surface area contributed by atoms with Crippen molar-refractivity contribution in [2.24, 2.45) is 11.8 Å². The molecule has 0 aromatic carbocycles. The van der Waals surface area contributed by atoms with Gasteiger partial charge in [0, 0.05) is 6.42 Å². The van der Waals surface area contributed by atoms with E-state index in [0.29, 0.717) is 0 Å². The van der Waals surface area contributed by atoms with Gasteiger partial charge in [-0.2, -0.15) is 0 Å². The first kappa shape index (κ1) is 10.5. The fourth-order valence-corrected chi connectivity index (χ4v) is 1.40. The summed E-state index contributed by atoms with van der Waals surface area (Å²) >= 11 is 0. The molecule has 2 N–H and O–H groups in total. The minimum Gasteiger partial charge on any atom is -0.481 e. The van der Waals surface area contributed by atoms with Crippen molar-refractivity contribution in [2.75, 3.05) is 6.61 Å². The molecule has 1 heterocycles. The van der Waals surface area contributed by atoms with E-state index in [-0.39, 0.29) is 19.4 Å². The van der Waals surface area contributed by atoms with Crippen LogP contribution < -0.4 is 0 Å². The molecule has 0 aromatic rings. The van der Waals surface area contributed by atoms with Gasteiger partial charge in [0.1, 0.15) is 12.5 Å². The summed E-state index contributed by atoms with van der Waals surface area (Å²) in [6, 6.07) is 0. The number of aliphatic carboxylic acids is 2. The van der Waals surface area contributed by atoms with Crippen LogP contribution in [0.2, 0.25) is 0 Å². The molecule has 1 rings (SSSR count). The molecule has 1 aliphatic heterocycles. The van der Waals surface area contributed by atoms with Crippen LogP contribution >= 0.6 is 0 Å². The minimum absolute atomic E-state index is 0.0190. The molecule has 0 aliphatic carbocycles. The summed E-state index contributed by atoms with van der Waals surface area (Å²) in [5, 5.41) is 17.1. The Morgan fingerprint density at radius 2 is 2.07 bits per heavy atom. The van der Waals surface area contributed by atoms with Crippen LogP contribution in [0.1, 0.15) is 12.8 Å². The van der Waals surface area contributed by atoms with E-state index < -0.39 is 29.7 Å². The Labute approximate surface area is 79.5 Å². The van der Waals surface area contributed by atoms with Crippen LogP contribution in [0.3, 0.4) is 0 Å². The first-order chi connectivity index (χ1) is 6.52. The molecular weight excluding hydrogens is 192 g/mol. The summed E-state index contributed by atoms with van der Waals surface area (Å²) in [5.41, 5.74) is 0. The Morgan fingerprint density at radius 1 is 1.43 bits per heavy atom. The molecule has 1 saturated heterocycles. The fraction of sp³-hybridized carbons (Fsp3) is 0.625. The van der Waals surface area contributed by atoms with E-state index in [1.807, 2.05) is 0 Å². The quantitative estimate of drug-likeness (QED) is 0.608. The molecule has 2 atom stereocenters. The van der Waals surface area contributed by atoms with Gasteiger partial charge in [-0.1, -0.05) is 0 Å². The maximum atomic E-state index is 11.0. The Balaban J connectivity index is 2.58. The molecule has 0 amide bonds. The minimum atomic E-state index is -1.12. The van der Waals surface area contributed by atoms with Crippen LogP contribution in [0.4, 0.5) is 0 Å². The maximum absolute atomic E-state index is 11.0. The standard InChI is InChI=1S/C8H10O6/c9-6(10)2-1-4-5(7(11)12)3-14-8(4)13/h4-5H,1-3H2,(H,9,10)(H,11,12). The van der Waals surface area contributed by atoms with Gasteiger partial charge in [0.15, 0.2) is 0 Å². The van der Waals surface area contributed by atoms with Crippen LogP contribution in [0.5, 0.6) is 0 Å². The van der Waals surface area contributed by atoms with Crippen molar-refractivity contribution in [3.05, 3.63) is 0 Å². The number of esters is 1. The van der Waals surface area contributed by atoms with Crippen molar-refractivity contribution in [3.63, 3.8) is 0 Å². The highest BCUT2D eigenvalue weighted by molar-refractivity contribution is 5.84. The van der Waals surface area contributed by atoms with Gasteiger partial charge in [-0.05, 0) is 6.42 Å². The van der Waals surface area contributed by atoms with Gasteiger partial charge in [0.05, 0.1) is 5.92 Å². The summed E-state index contributed by atoms with van der Waals surface area (Å²) in [6.45, 7) is -0.154. The number of hydrogen-bond acceptors (Lipinski definition) is 4. The van der Waals surface area contributed by atoms with Crippen LogP contribution in [0.25, 0.3) is 0 Å². The molecule has 1 fully saturated rings. The van der Waals surface area contributed by atoms with Crippen molar-refractivity contribution in [2.45, 2.75) is 12.8 Å². The second-order valence-corrected chi connectivity index (χ2v) is 3.11. The Bertz CT molecular complexity index is 271. The lowest BCUT2D eigenvalue weighted by Gasteiger charge is -2.08. The number of carboxylic acid groups (broad SMARTS) is 2. The number of hydrogen-bond donors (Lipinski definition) is 2. The van der Waals surface area contributed by atoms with Crippen molar-refractivity contribution in [1.82, 2.24) is 0 Å². The molecule has 0 aromatic heterocycles. The molecule has 0 saturated carbocycles. The normalized spacial score (nSPS) is 25.9. The smallest absolute Gasteiger partial charge is 0.310 e. The number of carbonyl (C=O) groups is 3. The van der Waals surface area contributed by atoms with Gasteiger partial charge >= 0.3 is 17.9 Å². The highest BCUT2D eigenvalue weighted by atomic mass is 16.5. The predicted molar refractivity (Wildman–Crippen MR) is 42.4 cm³/mol. The lowest BCUT2D eigenvalue weighted by atomic mass is 9.91. The Kier molecular flexibility index (Phi) is 3.06. The first-order valence-corrected chi connectivity index (χ1v) is 4.13. The van der Waals surface area contributed by atoms with E-state index in [2.05, 4.69) is 4.74 Å². The first-order valence-electron chi connectivity index (χ1n) is 4.13. The highest BCUT2D eigenvalue weighted by Gasteiger charge is 2.41. The molecule has 78 valence electrons. The molecule has 2 unspecified atom stereocenters. The molecule has 6 heteroatoms. The van der Waals surface area contributed by atoms with Crippen LogP contribution in [0.15, 0.2) is 0 Å². The summed E-state index contributed by atoms with van der Waals surface area (Å²) in [4.78, 5) is 31.9. The number of carboxylic acids is 2. The second-order valence-electron chi connectivity index (χ2n) is 3.11. The molecule has 0 spiro atoms. The summed E-state index contributed by atoms with van der Waals surface area (Å²) in [7, 11) is 0. The van der Waals surface area contributed by atoms with Crippen molar-refractivity contribution in [3.8, 4) is 0 Å². The van der Waals surface area contributed by atoms with E-state index in [4.69, 9.17) is 10.2 Å². The average Bonchev–Trinajstić information content (AvgIpc) is 2.43. The lowest BCUT2D eigenvalue weighted by Crippen LogP contribution is -2.24. The number of carbonyl (C=O) groups excluding carboxylic acids is 1. The number of rotatable bonds is 4. The molecule has 1 aliphatic rings. The van der Waals surface area contributed by atoms with Crippen molar-refractivity contribution >= 4 is 17.9 Å². The third-order valence-corrected chi connectivity index (χ3v) is 2.18. The Hall–Kier alpha value is -1.59. The Morgan fingerprint density at radius 3 is 2.57 bits per heavy atom. The summed E-state index contributed by atoms with van der Waals surface area (Å²) in [5.74, 6) is -4.50. The molecule has 0 bridgehead atoms. The third-order valence-electron chi connectivity index (χ3n) is 2.18. The van der Waals surface area contributed by atoms with E-state index in [0.717, 1.165) is 0 Å². The van der Waals surface area contributed by atoms with Crippen LogP contribution in [-0.4, -0.2) is 34.7 Å². The predicted octanol–water partition coefficient (Wildman–Crippen LogP) is -0.275. The van der Waals surface area contributed by atoms with Crippen LogP contribution in [0, 0.1) is 11.8 Å². The van der Waals surface area contributed by atoms with E-state index in [1.54, 1.807) is 0 Å². The van der Waals surface area contributed by atoms with E-state index in [1.165, 1.54) is 0 Å². The topological polar surface area (TPSA) is 101 Å². The van der Waals surface area contributed by atoms with Crippen LogP contribution in [-0.2, 0) is 19.1 Å². The highest BCUT2D eigenvalue weighted by Crippen LogP contribution is 2.26. The zero-order valence-corrected chi connectivity index (χ0v) is 7.30. The van der Waals surface area contributed by atoms with Gasteiger partial charge in [-0.15, -0.1) is 0 Å². The largest absolute Gasteiger partial charge is 0.481 e. The summed E-state index contributed by atoms with van der Waals surface area (Å²) in [6.07, 6.45) is -0.200. The SMILES string of the molecule is O=C(O)CCC1C(=O)OCC1C(=O)O. The van der Waals surface area contributed by atoms with Gasteiger partial charge in [-0.3, -0.25) is 14.4 Å². The van der Waals surface area contributed by atoms with Crippen molar-refractivity contribution in [1.29, 1.82) is 0 Å². The molecule has 0 radical (unpaired) electrons. The van der Waals surface area contributed by atoms with Gasteiger partial charge in [-0.25, -0.2) is 0 Å². The second kappa shape index (κ2) is 4.08. The molecule has 14 heavy (non-hydrogen) atoms. The van der Waals surface area contributed by atoms with Gasteiger partial charge < -0.3 is 14.9 Å². The van der Waals surface area contributed by atoms with Gasteiger partial charge in [0.2, 0.25) is 0 Å². The summed E-state index contributed by atoms with van der Waals surface area (Å²) < 4.78 is 4.56. The van der Waals surface area contributed by atoms with Gasteiger partial charge in [0.25, 0.3) is 0 Å². The van der Waals surface area contributed by atoms with E-state index >= 15 is 0 Å². The maximum Gasteiger partial charge on any atom is 0.310 e. The molecule has 6 nitrogen and oxygen atoms in total.